The first kappa shape index (κ1) is 12.7. The fourth-order valence-electron chi connectivity index (χ4n) is 2.73. The molecule has 2 aromatic heterocycles. The minimum atomic E-state index is -0.149. The van der Waals surface area contributed by atoms with Gasteiger partial charge in [-0.3, -0.25) is 4.79 Å². The van der Waals surface area contributed by atoms with E-state index in [-0.39, 0.29) is 5.91 Å². The van der Waals surface area contributed by atoms with E-state index >= 15 is 0 Å². The average molecular weight is 290 g/mol. The molecule has 1 N–H and O–H groups in total. The molecule has 0 spiro atoms. The van der Waals surface area contributed by atoms with Crippen LogP contribution in [0.25, 0.3) is 21.9 Å². The van der Waals surface area contributed by atoms with Crippen LogP contribution < -0.4 is 5.32 Å². The van der Waals surface area contributed by atoms with Gasteiger partial charge in [0.25, 0.3) is 5.91 Å². The average Bonchev–Trinajstić information content (AvgIpc) is 3.10. The van der Waals surface area contributed by atoms with Crippen LogP contribution in [0, 0.1) is 0 Å². The first-order valence-electron chi connectivity index (χ1n) is 7.05. The summed E-state index contributed by atoms with van der Waals surface area (Å²) in [5.41, 5.74) is 2.97. The molecule has 0 aliphatic rings. The molecule has 0 fully saturated rings. The van der Waals surface area contributed by atoms with Gasteiger partial charge in [-0.15, -0.1) is 0 Å². The molecule has 0 saturated heterocycles. The molecular formula is C18H14N2O2. The largest absolute Gasteiger partial charge is 0.463 e. The molecule has 0 bridgehead atoms. The number of benzene rings is 2. The Hall–Kier alpha value is -3.01. The van der Waals surface area contributed by atoms with Crippen molar-refractivity contribution in [3.8, 4) is 0 Å². The normalized spacial score (nSPS) is 11.1. The maximum atomic E-state index is 12.5. The molecule has 4 aromatic rings. The monoisotopic (exact) mass is 290 g/mol. The molecule has 1 amide bonds. The van der Waals surface area contributed by atoms with Crippen molar-refractivity contribution >= 4 is 33.5 Å². The van der Waals surface area contributed by atoms with Crippen molar-refractivity contribution in [2.45, 2.75) is 0 Å². The van der Waals surface area contributed by atoms with Gasteiger partial charge in [-0.25, -0.2) is 0 Å². The van der Waals surface area contributed by atoms with Crippen molar-refractivity contribution in [1.82, 2.24) is 4.57 Å². The predicted octanol–water partition coefficient (Wildman–Crippen LogP) is 4.18. The molecule has 0 unspecified atom stereocenters. The minimum absolute atomic E-state index is 0.149. The summed E-state index contributed by atoms with van der Waals surface area (Å²) in [4.78, 5) is 12.5. The lowest BCUT2D eigenvalue weighted by Crippen LogP contribution is -2.15. The first-order valence-corrected chi connectivity index (χ1v) is 7.05. The molecule has 4 rings (SSSR count). The van der Waals surface area contributed by atoms with Crippen LogP contribution in [0.1, 0.15) is 10.5 Å². The first-order chi connectivity index (χ1) is 10.7. The van der Waals surface area contributed by atoms with Gasteiger partial charge >= 0.3 is 0 Å². The standard InChI is InChI=1S/C18H14N2O2/c1-20-15-8-9-22-17(15)11-16(20)18(21)19-14-7-6-12-4-2-3-5-13(12)10-14/h2-11H,1H3,(H,19,21). The van der Waals surface area contributed by atoms with Gasteiger partial charge in [-0.05, 0) is 22.9 Å². The second-order valence-electron chi connectivity index (χ2n) is 5.27. The summed E-state index contributed by atoms with van der Waals surface area (Å²) < 4.78 is 7.17. The van der Waals surface area contributed by atoms with Crippen molar-refractivity contribution < 1.29 is 9.21 Å². The Kier molecular flexibility index (Phi) is 2.76. The Labute approximate surface area is 127 Å². The summed E-state index contributed by atoms with van der Waals surface area (Å²) >= 11 is 0. The van der Waals surface area contributed by atoms with Crippen LogP contribution >= 0.6 is 0 Å². The molecule has 0 atom stereocenters. The van der Waals surface area contributed by atoms with E-state index in [2.05, 4.69) is 5.32 Å². The van der Waals surface area contributed by atoms with E-state index in [9.17, 15) is 4.79 Å². The Morgan fingerprint density at radius 3 is 2.68 bits per heavy atom. The van der Waals surface area contributed by atoms with E-state index < -0.39 is 0 Å². The Morgan fingerprint density at radius 1 is 1.05 bits per heavy atom. The van der Waals surface area contributed by atoms with E-state index in [0.29, 0.717) is 11.3 Å². The van der Waals surface area contributed by atoms with Crippen LogP contribution in [-0.4, -0.2) is 10.5 Å². The predicted molar refractivity (Wildman–Crippen MR) is 87.1 cm³/mol. The van der Waals surface area contributed by atoms with E-state index in [1.807, 2.05) is 60.1 Å². The fourth-order valence-corrected chi connectivity index (χ4v) is 2.73. The van der Waals surface area contributed by atoms with Crippen LogP contribution in [0.4, 0.5) is 5.69 Å². The summed E-state index contributed by atoms with van der Waals surface area (Å²) in [6.45, 7) is 0. The van der Waals surface area contributed by atoms with Crippen molar-refractivity contribution in [3.05, 3.63) is 66.6 Å². The summed E-state index contributed by atoms with van der Waals surface area (Å²) in [6, 6.07) is 17.6. The number of amides is 1. The molecule has 4 heteroatoms. The molecule has 2 heterocycles. The van der Waals surface area contributed by atoms with Gasteiger partial charge in [0.1, 0.15) is 5.69 Å². The number of anilines is 1. The van der Waals surface area contributed by atoms with Gasteiger partial charge < -0.3 is 14.3 Å². The number of carbonyl (C=O) groups excluding carboxylic acids is 1. The van der Waals surface area contributed by atoms with E-state index in [0.717, 1.165) is 22.0 Å². The third-order valence-corrected chi connectivity index (χ3v) is 3.90. The zero-order valence-electron chi connectivity index (χ0n) is 12.0. The topological polar surface area (TPSA) is 47.2 Å². The summed E-state index contributed by atoms with van der Waals surface area (Å²) in [5, 5.41) is 5.19. The number of fused-ring (bicyclic) bond motifs is 2. The molecule has 0 aliphatic carbocycles. The molecule has 2 aromatic carbocycles. The maximum Gasteiger partial charge on any atom is 0.272 e. The highest BCUT2D eigenvalue weighted by atomic mass is 16.3. The van der Waals surface area contributed by atoms with E-state index in [4.69, 9.17) is 4.42 Å². The van der Waals surface area contributed by atoms with Crippen LogP contribution in [0.2, 0.25) is 0 Å². The second-order valence-corrected chi connectivity index (χ2v) is 5.27. The zero-order chi connectivity index (χ0) is 15.1. The van der Waals surface area contributed by atoms with Crippen LogP contribution in [0.3, 0.4) is 0 Å². The van der Waals surface area contributed by atoms with Gasteiger partial charge in [0.15, 0.2) is 5.58 Å². The van der Waals surface area contributed by atoms with Gasteiger partial charge in [0.05, 0.1) is 11.8 Å². The molecule has 0 aliphatic heterocycles. The van der Waals surface area contributed by atoms with Gasteiger partial charge in [-0.1, -0.05) is 30.3 Å². The Morgan fingerprint density at radius 2 is 1.86 bits per heavy atom. The SMILES string of the molecule is Cn1c(C(=O)Nc2ccc3ccccc3c2)cc2occc21. The fraction of sp³-hybridized carbons (Fsp3) is 0.0556. The summed E-state index contributed by atoms with van der Waals surface area (Å²) in [6.07, 6.45) is 1.62. The van der Waals surface area contributed by atoms with Gasteiger partial charge in [0.2, 0.25) is 0 Å². The number of carbonyl (C=O) groups is 1. The second kappa shape index (κ2) is 4.77. The Bertz CT molecular complexity index is 995. The van der Waals surface area contributed by atoms with Crippen molar-refractivity contribution in [1.29, 1.82) is 0 Å². The van der Waals surface area contributed by atoms with Crippen LogP contribution in [0.15, 0.2) is 65.3 Å². The van der Waals surface area contributed by atoms with Crippen molar-refractivity contribution in [3.63, 3.8) is 0 Å². The molecule has 0 saturated carbocycles. The number of nitrogens with one attached hydrogen (secondary N) is 1. The quantitative estimate of drug-likeness (QED) is 0.602. The molecule has 108 valence electrons. The maximum absolute atomic E-state index is 12.5. The number of aromatic nitrogens is 1. The molecular weight excluding hydrogens is 276 g/mol. The van der Waals surface area contributed by atoms with Crippen LogP contribution in [0.5, 0.6) is 0 Å². The highest BCUT2D eigenvalue weighted by Gasteiger charge is 2.15. The number of furan rings is 1. The van der Waals surface area contributed by atoms with Crippen molar-refractivity contribution in [2.24, 2.45) is 7.05 Å². The lowest BCUT2D eigenvalue weighted by Gasteiger charge is -2.07. The molecule has 4 nitrogen and oxygen atoms in total. The lowest BCUT2D eigenvalue weighted by molar-refractivity contribution is 0.101. The molecule has 22 heavy (non-hydrogen) atoms. The molecule has 0 radical (unpaired) electrons. The van der Waals surface area contributed by atoms with Gasteiger partial charge in [-0.2, -0.15) is 0 Å². The van der Waals surface area contributed by atoms with E-state index in [1.165, 1.54) is 0 Å². The number of rotatable bonds is 2. The van der Waals surface area contributed by atoms with Crippen LogP contribution in [-0.2, 0) is 7.05 Å². The zero-order valence-corrected chi connectivity index (χ0v) is 12.0. The summed E-state index contributed by atoms with van der Waals surface area (Å²) in [7, 11) is 1.85. The number of aryl methyl sites for hydroxylation is 1. The highest BCUT2D eigenvalue weighted by Crippen LogP contribution is 2.22. The summed E-state index contributed by atoms with van der Waals surface area (Å²) in [5.74, 6) is -0.149. The highest BCUT2D eigenvalue weighted by molar-refractivity contribution is 6.06. The Balaban J connectivity index is 1.67. The van der Waals surface area contributed by atoms with Gasteiger partial charge in [0, 0.05) is 24.9 Å². The number of hydrogen-bond donors (Lipinski definition) is 1. The third kappa shape index (κ3) is 1.97. The third-order valence-electron chi connectivity index (χ3n) is 3.90. The number of hydrogen-bond acceptors (Lipinski definition) is 2. The van der Waals surface area contributed by atoms with E-state index in [1.54, 1.807) is 12.3 Å². The smallest absolute Gasteiger partial charge is 0.272 e. The minimum Gasteiger partial charge on any atom is -0.463 e. The lowest BCUT2D eigenvalue weighted by atomic mass is 10.1. The number of nitrogens with zero attached hydrogens (tertiary/aromatic N) is 1. The van der Waals surface area contributed by atoms with Crippen molar-refractivity contribution in [2.75, 3.05) is 5.32 Å².